The number of hydrogen-bond acceptors (Lipinski definition) is 6. The number of anilines is 2. The van der Waals surface area contributed by atoms with Gasteiger partial charge in [-0.05, 0) is 36.8 Å². The van der Waals surface area contributed by atoms with Crippen LogP contribution in [0.25, 0.3) is 5.57 Å². The quantitative estimate of drug-likeness (QED) is 0.598. The van der Waals surface area contributed by atoms with Crippen molar-refractivity contribution in [2.24, 2.45) is 0 Å². The molecule has 0 saturated heterocycles. The number of para-hydroxylation sites is 2. The monoisotopic (exact) mass is 442 g/mol. The molecule has 0 fully saturated rings. The fourth-order valence-corrected chi connectivity index (χ4v) is 3.93. The lowest BCUT2D eigenvalue weighted by Crippen LogP contribution is -2.32. The Morgan fingerprint density at radius 3 is 2.36 bits per heavy atom. The van der Waals surface area contributed by atoms with Gasteiger partial charge in [-0.15, -0.1) is 0 Å². The average Bonchev–Trinajstić information content (AvgIpc) is 3.08. The number of ether oxygens (including phenoxy) is 3. The van der Waals surface area contributed by atoms with E-state index in [1.165, 1.54) is 7.11 Å². The first-order valence-electron chi connectivity index (χ1n) is 10.6. The Morgan fingerprint density at radius 1 is 0.879 bits per heavy atom. The third kappa shape index (κ3) is 3.67. The zero-order chi connectivity index (χ0) is 22.9. The summed E-state index contributed by atoms with van der Waals surface area (Å²) in [4.78, 5) is 28.4. The van der Waals surface area contributed by atoms with Crippen LogP contribution in [0, 0.1) is 6.92 Å². The Bertz CT molecular complexity index is 1280. The minimum Gasteiger partial charge on any atom is -0.495 e. The number of fused-ring (bicyclic) bond motifs is 1. The second-order valence-electron chi connectivity index (χ2n) is 7.72. The van der Waals surface area contributed by atoms with Gasteiger partial charge in [0.15, 0.2) is 11.5 Å². The average molecular weight is 442 g/mol. The summed E-state index contributed by atoms with van der Waals surface area (Å²) in [7, 11) is 1.51. The molecular formula is C26H22N2O5. The maximum absolute atomic E-state index is 13.6. The number of nitrogens with one attached hydrogen (secondary N) is 1. The van der Waals surface area contributed by atoms with E-state index in [2.05, 4.69) is 5.32 Å². The summed E-state index contributed by atoms with van der Waals surface area (Å²) in [6, 6.07) is 19.8. The highest BCUT2D eigenvalue weighted by Crippen LogP contribution is 2.39. The molecule has 0 aliphatic carbocycles. The van der Waals surface area contributed by atoms with Crippen molar-refractivity contribution in [2.75, 3.05) is 30.5 Å². The molecule has 0 unspecified atom stereocenters. The molecule has 2 heterocycles. The Balaban J connectivity index is 1.60. The maximum atomic E-state index is 13.6. The van der Waals surface area contributed by atoms with Crippen LogP contribution >= 0.6 is 0 Å². The molecule has 0 atom stereocenters. The fourth-order valence-electron chi connectivity index (χ4n) is 3.93. The summed E-state index contributed by atoms with van der Waals surface area (Å²) in [5, 5.41) is 3.16. The van der Waals surface area contributed by atoms with E-state index in [1.54, 1.807) is 42.5 Å². The van der Waals surface area contributed by atoms with Gasteiger partial charge in [0.1, 0.15) is 24.7 Å². The smallest absolute Gasteiger partial charge is 0.282 e. The maximum Gasteiger partial charge on any atom is 0.282 e. The molecule has 2 aliphatic rings. The second kappa shape index (κ2) is 8.35. The number of rotatable bonds is 5. The third-order valence-corrected chi connectivity index (χ3v) is 5.56. The normalized spacial score (nSPS) is 15.2. The van der Waals surface area contributed by atoms with Crippen molar-refractivity contribution < 1.29 is 23.8 Å². The highest BCUT2D eigenvalue weighted by atomic mass is 16.6. The van der Waals surface area contributed by atoms with Gasteiger partial charge in [-0.25, -0.2) is 4.90 Å². The Morgan fingerprint density at radius 2 is 1.61 bits per heavy atom. The molecule has 5 rings (SSSR count). The van der Waals surface area contributed by atoms with E-state index in [0.717, 1.165) is 10.5 Å². The molecule has 33 heavy (non-hydrogen) atoms. The van der Waals surface area contributed by atoms with Crippen LogP contribution < -0.4 is 24.4 Å². The van der Waals surface area contributed by atoms with Crippen molar-refractivity contribution >= 4 is 28.8 Å². The number of imide groups is 1. The van der Waals surface area contributed by atoms with Crippen LogP contribution in [0.5, 0.6) is 17.2 Å². The zero-order valence-electron chi connectivity index (χ0n) is 18.3. The van der Waals surface area contributed by atoms with Crippen LogP contribution in [0.4, 0.5) is 11.4 Å². The number of hydrogen-bond donors (Lipinski definition) is 1. The predicted molar refractivity (Wildman–Crippen MR) is 125 cm³/mol. The first-order valence-corrected chi connectivity index (χ1v) is 10.6. The molecule has 3 aromatic rings. The molecule has 0 saturated carbocycles. The molecule has 0 radical (unpaired) electrons. The molecule has 0 aromatic heterocycles. The number of amides is 2. The van der Waals surface area contributed by atoms with E-state index >= 15 is 0 Å². The van der Waals surface area contributed by atoms with E-state index < -0.39 is 11.8 Å². The molecular weight excluding hydrogens is 420 g/mol. The lowest BCUT2D eigenvalue weighted by Gasteiger charge is -2.20. The number of aryl methyl sites for hydroxylation is 1. The zero-order valence-corrected chi connectivity index (χ0v) is 18.3. The van der Waals surface area contributed by atoms with Crippen LogP contribution in [-0.4, -0.2) is 32.1 Å². The van der Waals surface area contributed by atoms with Gasteiger partial charge >= 0.3 is 0 Å². The van der Waals surface area contributed by atoms with Crippen LogP contribution in [-0.2, 0) is 9.59 Å². The van der Waals surface area contributed by atoms with Gasteiger partial charge in [0.2, 0.25) is 0 Å². The number of benzene rings is 3. The molecule has 7 nitrogen and oxygen atoms in total. The van der Waals surface area contributed by atoms with Gasteiger partial charge in [0.25, 0.3) is 11.8 Å². The SMILES string of the molecule is COc1ccccc1N1C(=O)C(Nc2ccc3c(c2)OCCO3)=C(c2ccc(C)cc2)C1=O. The summed E-state index contributed by atoms with van der Waals surface area (Å²) < 4.78 is 16.7. The summed E-state index contributed by atoms with van der Waals surface area (Å²) in [5.41, 5.74) is 3.18. The van der Waals surface area contributed by atoms with Crippen LogP contribution in [0.15, 0.2) is 72.4 Å². The molecule has 2 amide bonds. The number of carbonyl (C=O) groups is 2. The van der Waals surface area contributed by atoms with Gasteiger partial charge in [0.05, 0.1) is 18.4 Å². The van der Waals surface area contributed by atoms with E-state index in [0.29, 0.717) is 53.0 Å². The molecule has 7 heteroatoms. The van der Waals surface area contributed by atoms with Gasteiger partial charge in [-0.2, -0.15) is 0 Å². The molecule has 0 bridgehead atoms. The minimum atomic E-state index is -0.463. The summed E-state index contributed by atoms with van der Waals surface area (Å²) in [6.45, 7) is 2.91. The first-order chi connectivity index (χ1) is 16.1. The summed E-state index contributed by atoms with van der Waals surface area (Å²) >= 11 is 0. The van der Waals surface area contributed by atoms with E-state index in [4.69, 9.17) is 14.2 Å². The molecule has 0 spiro atoms. The van der Waals surface area contributed by atoms with E-state index in [-0.39, 0.29) is 5.70 Å². The van der Waals surface area contributed by atoms with Crippen LogP contribution in [0.1, 0.15) is 11.1 Å². The Labute approximate surface area is 191 Å². The van der Waals surface area contributed by atoms with Crippen molar-refractivity contribution in [3.8, 4) is 17.2 Å². The largest absolute Gasteiger partial charge is 0.495 e. The van der Waals surface area contributed by atoms with Crippen LogP contribution in [0.2, 0.25) is 0 Å². The first kappa shape index (κ1) is 20.6. The Hall–Kier alpha value is -4.26. The Kier molecular flexibility index (Phi) is 5.22. The van der Waals surface area contributed by atoms with E-state index in [1.807, 2.05) is 31.2 Å². The van der Waals surface area contributed by atoms with Gasteiger partial charge in [-0.1, -0.05) is 42.0 Å². The van der Waals surface area contributed by atoms with E-state index in [9.17, 15) is 9.59 Å². The molecule has 3 aromatic carbocycles. The standard InChI is InChI=1S/C26H22N2O5/c1-16-7-9-17(10-8-16)23-24(27-18-11-12-21-22(15-18)33-14-13-32-21)26(30)28(25(23)29)19-5-3-4-6-20(19)31-2/h3-12,15,27H,13-14H2,1-2H3. The van der Waals surface area contributed by atoms with Crippen molar-refractivity contribution in [3.63, 3.8) is 0 Å². The van der Waals surface area contributed by atoms with Crippen molar-refractivity contribution in [1.29, 1.82) is 0 Å². The van der Waals surface area contributed by atoms with Gasteiger partial charge in [-0.3, -0.25) is 9.59 Å². The van der Waals surface area contributed by atoms with Crippen molar-refractivity contribution in [2.45, 2.75) is 6.92 Å². The molecule has 166 valence electrons. The third-order valence-electron chi connectivity index (χ3n) is 5.56. The van der Waals surface area contributed by atoms with Gasteiger partial charge in [0, 0.05) is 11.8 Å². The predicted octanol–water partition coefficient (Wildman–Crippen LogP) is 4.17. The number of nitrogens with zero attached hydrogens (tertiary/aromatic N) is 1. The van der Waals surface area contributed by atoms with Crippen molar-refractivity contribution in [1.82, 2.24) is 0 Å². The lowest BCUT2D eigenvalue weighted by atomic mass is 10.0. The summed E-state index contributed by atoms with van der Waals surface area (Å²) in [5.74, 6) is 0.775. The topological polar surface area (TPSA) is 77.1 Å². The number of carbonyl (C=O) groups excluding carboxylic acids is 2. The molecule has 2 aliphatic heterocycles. The van der Waals surface area contributed by atoms with Gasteiger partial charge < -0.3 is 19.5 Å². The highest BCUT2D eigenvalue weighted by molar-refractivity contribution is 6.46. The van der Waals surface area contributed by atoms with Crippen LogP contribution in [0.3, 0.4) is 0 Å². The molecule has 1 N–H and O–H groups in total. The van der Waals surface area contributed by atoms with Crippen molar-refractivity contribution in [3.05, 3.63) is 83.6 Å². The summed E-state index contributed by atoms with van der Waals surface area (Å²) in [6.07, 6.45) is 0. The minimum absolute atomic E-state index is 0.187. The second-order valence-corrected chi connectivity index (χ2v) is 7.72. The fraction of sp³-hybridized carbons (Fsp3) is 0.154. The lowest BCUT2D eigenvalue weighted by molar-refractivity contribution is -0.120. The highest BCUT2D eigenvalue weighted by Gasteiger charge is 2.41. The number of methoxy groups -OCH3 is 1.